The number of hydrogen-bond acceptors (Lipinski definition) is 1. The molecule has 0 aromatic rings. The van der Waals surface area contributed by atoms with E-state index < -0.39 is 0 Å². The molecule has 3 saturated carbocycles. The number of hydrogen-bond donors (Lipinski definition) is 0. The van der Waals surface area contributed by atoms with Crippen molar-refractivity contribution in [2.45, 2.75) is 72.1 Å². The molecule has 3 fully saturated rings. The minimum absolute atomic E-state index is 0.442. The van der Waals surface area contributed by atoms with E-state index in [0.717, 1.165) is 12.3 Å². The summed E-state index contributed by atoms with van der Waals surface area (Å²) in [6.07, 6.45) is 11.8. The van der Waals surface area contributed by atoms with Crippen LogP contribution in [0.5, 0.6) is 0 Å². The van der Waals surface area contributed by atoms with Crippen LogP contribution in [0.25, 0.3) is 0 Å². The molecule has 0 heterocycles. The Kier molecular flexibility index (Phi) is 2.70. The lowest BCUT2D eigenvalue weighted by Crippen LogP contribution is -2.52. The first-order valence-corrected chi connectivity index (χ1v) is 7.88. The zero-order valence-corrected chi connectivity index (χ0v) is 12.3. The van der Waals surface area contributed by atoms with Crippen molar-refractivity contribution in [3.63, 3.8) is 0 Å². The third kappa shape index (κ3) is 1.62. The van der Waals surface area contributed by atoms with E-state index in [1.165, 1.54) is 51.2 Å². The van der Waals surface area contributed by atoms with Crippen LogP contribution in [0.2, 0.25) is 0 Å². The zero-order chi connectivity index (χ0) is 13.0. The van der Waals surface area contributed by atoms with Gasteiger partial charge in [0.15, 0.2) is 0 Å². The average molecular weight is 248 g/mol. The predicted octanol–water partition coefficient (Wildman–Crippen LogP) is 4.60. The van der Waals surface area contributed by atoms with Crippen molar-refractivity contribution in [2.75, 3.05) is 0 Å². The Morgan fingerprint density at radius 1 is 1.06 bits per heavy atom. The normalized spacial score (nSPS) is 44.4. The lowest BCUT2D eigenvalue weighted by Gasteiger charge is -2.60. The van der Waals surface area contributed by atoms with E-state index in [1.54, 1.807) is 0 Å². The van der Waals surface area contributed by atoms with Gasteiger partial charge in [-0.15, -0.1) is 0 Å². The molecule has 0 aliphatic heterocycles. The Hall–Kier alpha value is -0.330. The first-order valence-electron chi connectivity index (χ1n) is 7.88. The van der Waals surface area contributed by atoms with Crippen molar-refractivity contribution in [1.29, 1.82) is 0 Å². The molecule has 18 heavy (non-hydrogen) atoms. The maximum Gasteiger partial charge on any atom is 0.120 e. The molecule has 0 saturated heterocycles. The highest BCUT2D eigenvalue weighted by Gasteiger charge is 2.63. The van der Waals surface area contributed by atoms with E-state index in [-0.39, 0.29) is 0 Å². The van der Waals surface area contributed by atoms with Crippen LogP contribution in [-0.2, 0) is 4.79 Å². The lowest BCUT2D eigenvalue weighted by atomic mass is 9.45. The van der Waals surface area contributed by atoms with E-state index in [9.17, 15) is 4.79 Å². The van der Waals surface area contributed by atoms with Gasteiger partial charge in [0.2, 0.25) is 0 Å². The second-order valence-electron chi connectivity index (χ2n) is 8.26. The van der Waals surface area contributed by atoms with Crippen LogP contribution in [-0.4, -0.2) is 6.29 Å². The molecular weight excluding hydrogens is 220 g/mol. The fourth-order valence-electron chi connectivity index (χ4n) is 5.98. The van der Waals surface area contributed by atoms with Gasteiger partial charge in [-0.1, -0.05) is 27.2 Å². The molecule has 0 aromatic carbocycles. The molecule has 0 unspecified atom stereocenters. The van der Waals surface area contributed by atoms with Crippen LogP contribution in [0.3, 0.4) is 0 Å². The Balaban J connectivity index is 1.96. The van der Waals surface area contributed by atoms with E-state index in [4.69, 9.17) is 0 Å². The molecule has 0 amide bonds. The Bertz CT molecular complexity index is 353. The summed E-state index contributed by atoms with van der Waals surface area (Å²) < 4.78 is 0. The monoisotopic (exact) mass is 248 g/mol. The summed E-state index contributed by atoms with van der Waals surface area (Å²) in [5.41, 5.74) is 1.52. The summed E-state index contributed by atoms with van der Waals surface area (Å²) in [7, 11) is 0. The summed E-state index contributed by atoms with van der Waals surface area (Å²) in [5, 5.41) is 0. The predicted molar refractivity (Wildman–Crippen MR) is 74.3 cm³/mol. The smallest absolute Gasteiger partial charge is 0.120 e. The Morgan fingerprint density at radius 3 is 2.39 bits per heavy atom. The molecule has 1 nitrogen and oxygen atoms in total. The zero-order valence-electron chi connectivity index (χ0n) is 12.3. The third-order valence-electron chi connectivity index (χ3n) is 6.97. The molecule has 0 aromatic heterocycles. The molecule has 102 valence electrons. The number of carbonyl (C=O) groups is 1. The van der Waals surface area contributed by atoms with E-state index in [2.05, 4.69) is 20.8 Å². The van der Waals surface area contributed by atoms with Crippen molar-refractivity contribution in [3.8, 4) is 0 Å². The highest BCUT2D eigenvalue weighted by atomic mass is 16.1. The van der Waals surface area contributed by atoms with Crippen molar-refractivity contribution < 1.29 is 4.79 Å². The fraction of sp³-hybridized carbons (Fsp3) is 0.941. The standard InChI is InChI=1S/C17H28O/c1-15(2)7-4-8-16(3)13(15)5-9-17(10-11-17)14(16)6-12-18/h12-14H,4-11H2,1-3H3/t13-,14+,16-/m0/s1. The summed E-state index contributed by atoms with van der Waals surface area (Å²) in [6.45, 7) is 7.46. The molecule has 3 aliphatic carbocycles. The Morgan fingerprint density at radius 2 is 1.78 bits per heavy atom. The molecular formula is C17H28O. The van der Waals surface area contributed by atoms with Crippen LogP contribution in [0.15, 0.2) is 0 Å². The van der Waals surface area contributed by atoms with Crippen LogP contribution in [0.4, 0.5) is 0 Å². The number of fused-ring (bicyclic) bond motifs is 1. The van der Waals surface area contributed by atoms with Gasteiger partial charge in [-0.2, -0.15) is 0 Å². The van der Waals surface area contributed by atoms with Gasteiger partial charge in [-0.3, -0.25) is 0 Å². The maximum atomic E-state index is 11.2. The van der Waals surface area contributed by atoms with Gasteiger partial charge in [0, 0.05) is 6.42 Å². The lowest BCUT2D eigenvalue weighted by molar-refractivity contribution is -0.124. The van der Waals surface area contributed by atoms with Crippen molar-refractivity contribution in [1.82, 2.24) is 0 Å². The molecule has 0 bridgehead atoms. The summed E-state index contributed by atoms with van der Waals surface area (Å²) >= 11 is 0. The molecule has 3 rings (SSSR count). The van der Waals surface area contributed by atoms with Gasteiger partial charge in [0.25, 0.3) is 0 Å². The molecule has 1 spiro atoms. The van der Waals surface area contributed by atoms with Crippen molar-refractivity contribution in [3.05, 3.63) is 0 Å². The van der Waals surface area contributed by atoms with Gasteiger partial charge >= 0.3 is 0 Å². The van der Waals surface area contributed by atoms with E-state index >= 15 is 0 Å². The van der Waals surface area contributed by atoms with Gasteiger partial charge < -0.3 is 4.79 Å². The molecule has 1 heteroatoms. The number of rotatable bonds is 2. The minimum atomic E-state index is 0.442. The van der Waals surface area contributed by atoms with Gasteiger partial charge in [-0.05, 0) is 66.6 Å². The fourth-order valence-corrected chi connectivity index (χ4v) is 5.98. The Labute approximate surface area is 112 Å². The van der Waals surface area contributed by atoms with Crippen molar-refractivity contribution >= 4 is 6.29 Å². The molecule has 0 N–H and O–H groups in total. The van der Waals surface area contributed by atoms with Gasteiger partial charge in [0.05, 0.1) is 0 Å². The summed E-state index contributed by atoms with van der Waals surface area (Å²) in [4.78, 5) is 11.2. The quantitative estimate of drug-likeness (QED) is 0.653. The van der Waals surface area contributed by atoms with Crippen molar-refractivity contribution in [2.24, 2.45) is 28.1 Å². The number of carbonyl (C=O) groups excluding carboxylic acids is 1. The SMILES string of the molecule is CC1(C)CCC[C@@]2(C)[C@H]1CCC1(CC1)[C@@H]2CC=O. The van der Waals surface area contributed by atoms with Crippen LogP contribution >= 0.6 is 0 Å². The second-order valence-corrected chi connectivity index (χ2v) is 8.26. The molecule has 3 atom stereocenters. The second kappa shape index (κ2) is 3.84. The van der Waals surface area contributed by atoms with Gasteiger partial charge in [-0.25, -0.2) is 0 Å². The van der Waals surface area contributed by atoms with E-state index in [0.29, 0.717) is 22.2 Å². The first kappa shape index (κ1) is 12.7. The average Bonchev–Trinajstić information content (AvgIpc) is 3.03. The maximum absolute atomic E-state index is 11.2. The number of aldehydes is 1. The van der Waals surface area contributed by atoms with Crippen LogP contribution < -0.4 is 0 Å². The largest absolute Gasteiger partial charge is 0.303 e. The summed E-state index contributed by atoms with van der Waals surface area (Å²) in [6, 6.07) is 0. The topological polar surface area (TPSA) is 17.1 Å². The van der Waals surface area contributed by atoms with E-state index in [1.807, 2.05) is 0 Å². The van der Waals surface area contributed by atoms with Crippen LogP contribution in [0, 0.1) is 28.1 Å². The minimum Gasteiger partial charge on any atom is -0.303 e. The highest BCUT2D eigenvalue weighted by molar-refractivity contribution is 5.50. The van der Waals surface area contributed by atoms with Crippen LogP contribution in [0.1, 0.15) is 72.1 Å². The first-order chi connectivity index (χ1) is 8.45. The van der Waals surface area contributed by atoms with Gasteiger partial charge in [0.1, 0.15) is 6.29 Å². The molecule has 0 radical (unpaired) electrons. The molecule has 3 aliphatic rings. The third-order valence-corrected chi connectivity index (χ3v) is 6.97. The summed E-state index contributed by atoms with van der Waals surface area (Å²) in [5.74, 6) is 1.52. The highest BCUT2D eigenvalue weighted by Crippen LogP contribution is 2.71.